The van der Waals surface area contributed by atoms with Gasteiger partial charge in [0, 0.05) is 18.1 Å². The van der Waals surface area contributed by atoms with Gasteiger partial charge in [-0.3, -0.25) is 0 Å². The average molecular weight is 236 g/mol. The van der Waals surface area contributed by atoms with Gasteiger partial charge in [-0.2, -0.15) is 0 Å². The molecule has 0 spiro atoms. The zero-order valence-corrected chi connectivity index (χ0v) is 9.96. The second-order valence-corrected chi connectivity index (χ2v) is 4.81. The fourth-order valence-electron chi connectivity index (χ4n) is 1.89. The molecular weight excluding hydrogens is 222 g/mol. The SMILES string of the molecule is Cn1c(CNC2CC2)nc2ccc(Cl)cc21. The van der Waals surface area contributed by atoms with Crippen LogP contribution in [0.25, 0.3) is 11.0 Å². The van der Waals surface area contributed by atoms with Gasteiger partial charge in [-0.1, -0.05) is 11.6 Å². The first kappa shape index (κ1) is 10.1. The number of imidazole rings is 1. The van der Waals surface area contributed by atoms with Crippen molar-refractivity contribution < 1.29 is 0 Å². The lowest BCUT2D eigenvalue weighted by molar-refractivity contribution is 0.639. The van der Waals surface area contributed by atoms with Gasteiger partial charge in [-0.25, -0.2) is 4.98 Å². The molecule has 2 aromatic rings. The molecule has 3 rings (SSSR count). The van der Waals surface area contributed by atoms with Crippen molar-refractivity contribution in [1.29, 1.82) is 0 Å². The standard InChI is InChI=1S/C12H14ClN3/c1-16-11-6-8(13)2-5-10(11)15-12(16)7-14-9-3-4-9/h2,5-6,9,14H,3-4,7H2,1H3. The zero-order valence-electron chi connectivity index (χ0n) is 9.20. The van der Waals surface area contributed by atoms with E-state index in [2.05, 4.69) is 14.9 Å². The van der Waals surface area contributed by atoms with Crippen LogP contribution >= 0.6 is 11.6 Å². The fraction of sp³-hybridized carbons (Fsp3) is 0.417. The van der Waals surface area contributed by atoms with E-state index in [1.165, 1.54) is 12.8 Å². The fourth-order valence-corrected chi connectivity index (χ4v) is 2.06. The van der Waals surface area contributed by atoms with Gasteiger partial charge in [0.25, 0.3) is 0 Å². The van der Waals surface area contributed by atoms with Gasteiger partial charge in [0.1, 0.15) is 5.82 Å². The molecule has 0 aliphatic heterocycles. The van der Waals surface area contributed by atoms with Crippen LogP contribution in [0.15, 0.2) is 18.2 Å². The van der Waals surface area contributed by atoms with E-state index in [9.17, 15) is 0 Å². The van der Waals surface area contributed by atoms with Crippen LogP contribution in [0.3, 0.4) is 0 Å². The maximum absolute atomic E-state index is 5.98. The number of benzene rings is 1. The summed E-state index contributed by atoms with van der Waals surface area (Å²) in [5.41, 5.74) is 2.11. The maximum atomic E-state index is 5.98. The molecule has 0 radical (unpaired) electrons. The molecule has 1 aliphatic carbocycles. The van der Waals surface area contributed by atoms with Crippen molar-refractivity contribution in [3.05, 3.63) is 29.0 Å². The second-order valence-electron chi connectivity index (χ2n) is 4.38. The molecule has 1 aliphatic rings. The van der Waals surface area contributed by atoms with Gasteiger partial charge in [0.2, 0.25) is 0 Å². The van der Waals surface area contributed by atoms with Crippen LogP contribution in [-0.2, 0) is 13.6 Å². The Morgan fingerprint density at radius 3 is 3.06 bits per heavy atom. The van der Waals surface area contributed by atoms with E-state index in [1.54, 1.807) is 0 Å². The summed E-state index contributed by atoms with van der Waals surface area (Å²) < 4.78 is 2.11. The second kappa shape index (κ2) is 3.75. The Balaban J connectivity index is 1.94. The number of hydrogen-bond donors (Lipinski definition) is 1. The van der Waals surface area contributed by atoms with Crippen molar-refractivity contribution >= 4 is 22.6 Å². The molecule has 0 unspecified atom stereocenters. The van der Waals surface area contributed by atoms with Crippen LogP contribution in [-0.4, -0.2) is 15.6 Å². The minimum Gasteiger partial charge on any atom is -0.330 e. The lowest BCUT2D eigenvalue weighted by atomic mass is 10.3. The molecule has 1 fully saturated rings. The first-order valence-corrected chi connectivity index (χ1v) is 5.96. The Morgan fingerprint density at radius 1 is 1.50 bits per heavy atom. The molecule has 1 aromatic carbocycles. The lowest BCUT2D eigenvalue weighted by Gasteiger charge is -2.03. The lowest BCUT2D eigenvalue weighted by Crippen LogP contribution is -2.18. The third-order valence-corrected chi connectivity index (χ3v) is 3.30. The van der Waals surface area contributed by atoms with Crippen LogP contribution < -0.4 is 5.32 Å². The zero-order chi connectivity index (χ0) is 11.1. The number of nitrogens with zero attached hydrogens (tertiary/aromatic N) is 2. The summed E-state index contributed by atoms with van der Waals surface area (Å²) in [5, 5.41) is 4.23. The van der Waals surface area contributed by atoms with E-state index in [0.29, 0.717) is 6.04 Å². The molecule has 16 heavy (non-hydrogen) atoms. The molecule has 1 N–H and O–H groups in total. The van der Waals surface area contributed by atoms with Crippen molar-refractivity contribution in [2.24, 2.45) is 7.05 Å². The number of aryl methyl sites for hydroxylation is 1. The quantitative estimate of drug-likeness (QED) is 0.886. The molecule has 1 aromatic heterocycles. The minimum atomic E-state index is 0.711. The Labute approximate surface area is 99.4 Å². The Hall–Kier alpha value is -1.06. The van der Waals surface area contributed by atoms with Crippen LogP contribution in [0.5, 0.6) is 0 Å². The Kier molecular flexibility index (Phi) is 2.37. The number of halogens is 1. The van der Waals surface area contributed by atoms with Gasteiger partial charge in [0.15, 0.2) is 0 Å². The molecule has 0 amide bonds. The highest BCUT2D eigenvalue weighted by atomic mass is 35.5. The van der Waals surface area contributed by atoms with E-state index < -0.39 is 0 Å². The molecule has 0 bridgehead atoms. The molecular formula is C12H14ClN3. The monoisotopic (exact) mass is 235 g/mol. The van der Waals surface area contributed by atoms with Crippen molar-refractivity contribution in [1.82, 2.24) is 14.9 Å². The van der Waals surface area contributed by atoms with E-state index in [-0.39, 0.29) is 0 Å². The van der Waals surface area contributed by atoms with Gasteiger partial charge in [0.05, 0.1) is 17.6 Å². The summed E-state index contributed by atoms with van der Waals surface area (Å²) in [6.07, 6.45) is 2.60. The highest BCUT2D eigenvalue weighted by Crippen LogP contribution is 2.22. The third kappa shape index (κ3) is 1.81. The Morgan fingerprint density at radius 2 is 2.31 bits per heavy atom. The highest BCUT2D eigenvalue weighted by molar-refractivity contribution is 6.31. The first-order chi connectivity index (χ1) is 7.74. The number of aromatic nitrogens is 2. The van der Waals surface area contributed by atoms with Crippen molar-refractivity contribution in [2.45, 2.75) is 25.4 Å². The minimum absolute atomic E-state index is 0.711. The molecule has 84 valence electrons. The maximum Gasteiger partial charge on any atom is 0.123 e. The smallest absolute Gasteiger partial charge is 0.123 e. The molecule has 4 heteroatoms. The van der Waals surface area contributed by atoms with Gasteiger partial charge < -0.3 is 9.88 Å². The van der Waals surface area contributed by atoms with Crippen LogP contribution in [0, 0.1) is 0 Å². The predicted molar refractivity (Wildman–Crippen MR) is 65.6 cm³/mol. The van der Waals surface area contributed by atoms with E-state index in [1.807, 2.05) is 25.2 Å². The summed E-state index contributed by atoms with van der Waals surface area (Å²) in [7, 11) is 2.04. The number of rotatable bonds is 3. The summed E-state index contributed by atoms with van der Waals surface area (Å²) >= 11 is 5.98. The summed E-state index contributed by atoms with van der Waals surface area (Å²) in [6.45, 7) is 0.841. The highest BCUT2D eigenvalue weighted by Gasteiger charge is 2.21. The van der Waals surface area contributed by atoms with Gasteiger partial charge >= 0.3 is 0 Å². The van der Waals surface area contributed by atoms with Crippen molar-refractivity contribution in [2.75, 3.05) is 0 Å². The number of nitrogens with one attached hydrogen (secondary N) is 1. The Bertz CT molecular complexity index is 528. The molecule has 0 atom stereocenters. The number of fused-ring (bicyclic) bond motifs is 1. The molecule has 1 heterocycles. The normalized spacial score (nSPS) is 15.9. The van der Waals surface area contributed by atoms with Crippen LogP contribution in [0.2, 0.25) is 5.02 Å². The van der Waals surface area contributed by atoms with E-state index >= 15 is 0 Å². The summed E-state index contributed by atoms with van der Waals surface area (Å²) in [6, 6.07) is 6.53. The van der Waals surface area contributed by atoms with Crippen molar-refractivity contribution in [3.63, 3.8) is 0 Å². The molecule has 3 nitrogen and oxygen atoms in total. The van der Waals surface area contributed by atoms with Crippen molar-refractivity contribution in [3.8, 4) is 0 Å². The van der Waals surface area contributed by atoms with Crippen LogP contribution in [0.4, 0.5) is 0 Å². The van der Waals surface area contributed by atoms with Gasteiger partial charge in [-0.15, -0.1) is 0 Å². The van der Waals surface area contributed by atoms with Gasteiger partial charge in [-0.05, 0) is 31.0 Å². The van der Waals surface area contributed by atoms with E-state index in [0.717, 1.165) is 28.4 Å². The number of hydrogen-bond acceptors (Lipinski definition) is 2. The molecule has 0 saturated heterocycles. The predicted octanol–water partition coefficient (Wildman–Crippen LogP) is 2.48. The first-order valence-electron chi connectivity index (χ1n) is 5.58. The largest absolute Gasteiger partial charge is 0.330 e. The topological polar surface area (TPSA) is 29.9 Å². The third-order valence-electron chi connectivity index (χ3n) is 3.06. The van der Waals surface area contributed by atoms with E-state index in [4.69, 9.17) is 11.6 Å². The molecule has 1 saturated carbocycles. The average Bonchev–Trinajstić information content (AvgIpc) is 3.04. The summed E-state index contributed by atoms with van der Waals surface area (Å²) in [5.74, 6) is 1.07. The van der Waals surface area contributed by atoms with Crippen LogP contribution in [0.1, 0.15) is 18.7 Å². The summed E-state index contributed by atoms with van der Waals surface area (Å²) in [4.78, 5) is 4.59.